The molecule has 1 heterocycles. The minimum absolute atomic E-state index is 0.148. The van der Waals surface area contributed by atoms with Crippen LogP contribution >= 0.6 is 0 Å². The van der Waals surface area contributed by atoms with Gasteiger partial charge in [-0.3, -0.25) is 4.90 Å². The van der Waals surface area contributed by atoms with Crippen molar-refractivity contribution in [3.63, 3.8) is 0 Å². The summed E-state index contributed by atoms with van der Waals surface area (Å²) in [5.74, 6) is -0.148. The van der Waals surface area contributed by atoms with Gasteiger partial charge in [0.05, 0.1) is 5.41 Å². The van der Waals surface area contributed by atoms with Crippen molar-refractivity contribution in [2.45, 2.75) is 40.7 Å². The molecule has 1 saturated heterocycles. The van der Waals surface area contributed by atoms with E-state index in [4.69, 9.17) is 4.84 Å². The molecule has 4 nitrogen and oxygen atoms in total. The van der Waals surface area contributed by atoms with Crippen LogP contribution in [0.1, 0.15) is 34.6 Å². The molecule has 0 atom stereocenters. The molecule has 0 N–H and O–H groups in total. The monoisotopic (exact) mass is 228 g/mol. The first-order valence-electron chi connectivity index (χ1n) is 6.02. The molecular formula is C12H24N2O2. The first-order chi connectivity index (χ1) is 7.30. The SMILES string of the molecule is CC(C)N1CCN(OC(=O)C(C)(C)C)CC1. The summed E-state index contributed by atoms with van der Waals surface area (Å²) in [6.45, 7) is 13.6. The fraction of sp³-hybridized carbons (Fsp3) is 0.917. The first kappa shape index (κ1) is 13.5. The quantitative estimate of drug-likeness (QED) is 0.717. The van der Waals surface area contributed by atoms with Crippen LogP contribution in [0.15, 0.2) is 0 Å². The molecule has 0 aliphatic carbocycles. The number of piperazine rings is 1. The van der Waals surface area contributed by atoms with Crippen LogP contribution in [0.4, 0.5) is 0 Å². The predicted molar refractivity (Wildman–Crippen MR) is 63.8 cm³/mol. The topological polar surface area (TPSA) is 32.8 Å². The lowest BCUT2D eigenvalue weighted by Crippen LogP contribution is -2.50. The van der Waals surface area contributed by atoms with Gasteiger partial charge >= 0.3 is 5.97 Å². The summed E-state index contributed by atoms with van der Waals surface area (Å²) in [5.41, 5.74) is -0.421. The van der Waals surface area contributed by atoms with Crippen molar-refractivity contribution in [3.05, 3.63) is 0 Å². The Labute approximate surface area is 98.5 Å². The number of carbonyl (C=O) groups excluding carboxylic acids is 1. The molecule has 94 valence electrons. The van der Waals surface area contributed by atoms with Crippen LogP contribution in [0.2, 0.25) is 0 Å². The number of hydrogen-bond acceptors (Lipinski definition) is 4. The second-order valence-corrected chi connectivity index (χ2v) is 5.69. The van der Waals surface area contributed by atoms with Gasteiger partial charge in [-0.05, 0) is 34.6 Å². The Hall–Kier alpha value is -0.610. The van der Waals surface area contributed by atoms with Crippen molar-refractivity contribution < 1.29 is 9.63 Å². The van der Waals surface area contributed by atoms with Crippen molar-refractivity contribution in [3.8, 4) is 0 Å². The summed E-state index contributed by atoms with van der Waals surface area (Å²) in [6.07, 6.45) is 0. The summed E-state index contributed by atoms with van der Waals surface area (Å²) in [6, 6.07) is 0.570. The Morgan fingerprint density at radius 1 is 1.12 bits per heavy atom. The zero-order valence-electron chi connectivity index (χ0n) is 11.1. The average Bonchev–Trinajstić information content (AvgIpc) is 2.17. The highest BCUT2D eigenvalue weighted by atomic mass is 16.7. The van der Waals surface area contributed by atoms with Gasteiger partial charge in [0.2, 0.25) is 0 Å². The fourth-order valence-electron chi connectivity index (χ4n) is 1.57. The van der Waals surface area contributed by atoms with Crippen molar-refractivity contribution in [1.82, 2.24) is 9.96 Å². The lowest BCUT2D eigenvalue weighted by atomic mass is 9.98. The van der Waals surface area contributed by atoms with E-state index in [2.05, 4.69) is 18.7 Å². The van der Waals surface area contributed by atoms with E-state index in [1.807, 2.05) is 20.8 Å². The van der Waals surface area contributed by atoms with Crippen LogP contribution < -0.4 is 0 Å². The van der Waals surface area contributed by atoms with Gasteiger partial charge in [0.25, 0.3) is 0 Å². The van der Waals surface area contributed by atoms with Crippen molar-refractivity contribution in [1.29, 1.82) is 0 Å². The molecule has 0 unspecified atom stereocenters. The maximum Gasteiger partial charge on any atom is 0.330 e. The highest BCUT2D eigenvalue weighted by molar-refractivity contribution is 5.75. The third-order valence-corrected chi connectivity index (χ3v) is 2.83. The van der Waals surface area contributed by atoms with Crippen LogP contribution in [0, 0.1) is 5.41 Å². The maximum atomic E-state index is 11.7. The lowest BCUT2D eigenvalue weighted by molar-refractivity contribution is -0.207. The Balaban J connectivity index is 2.35. The standard InChI is InChI=1S/C12H24N2O2/c1-10(2)13-6-8-14(9-7-13)16-11(15)12(3,4)5/h10H,6-9H2,1-5H3. The van der Waals surface area contributed by atoms with Gasteiger partial charge in [0.1, 0.15) is 0 Å². The van der Waals surface area contributed by atoms with Gasteiger partial charge in [0, 0.05) is 32.2 Å². The average molecular weight is 228 g/mol. The molecular weight excluding hydrogens is 204 g/mol. The summed E-state index contributed by atoms with van der Waals surface area (Å²) < 4.78 is 0. The third-order valence-electron chi connectivity index (χ3n) is 2.83. The van der Waals surface area contributed by atoms with E-state index in [0.29, 0.717) is 6.04 Å². The van der Waals surface area contributed by atoms with Gasteiger partial charge in [-0.1, -0.05) is 0 Å². The van der Waals surface area contributed by atoms with Crippen molar-refractivity contribution in [2.24, 2.45) is 5.41 Å². The summed E-state index contributed by atoms with van der Waals surface area (Å²) in [5, 5.41) is 1.78. The Morgan fingerprint density at radius 3 is 2.00 bits per heavy atom. The van der Waals surface area contributed by atoms with Crippen molar-refractivity contribution >= 4 is 5.97 Å². The van der Waals surface area contributed by atoms with Crippen LogP contribution in [0.5, 0.6) is 0 Å². The Bertz CT molecular complexity index is 238. The van der Waals surface area contributed by atoms with E-state index in [1.165, 1.54) is 0 Å². The van der Waals surface area contributed by atoms with E-state index in [1.54, 1.807) is 5.06 Å². The Morgan fingerprint density at radius 2 is 1.62 bits per heavy atom. The van der Waals surface area contributed by atoms with Crippen LogP contribution in [-0.2, 0) is 9.63 Å². The molecule has 1 aliphatic heterocycles. The maximum absolute atomic E-state index is 11.7. The Kier molecular flexibility index (Phi) is 4.33. The molecule has 4 heteroatoms. The predicted octanol–water partition coefficient (Wildman–Crippen LogP) is 1.52. The molecule has 16 heavy (non-hydrogen) atoms. The number of hydroxylamine groups is 2. The highest BCUT2D eigenvalue weighted by Gasteiger charge is 2.28. The number of carbonyl (C=O) groups is 1. The molecule has 1 rings (SSSR count). The number of nitrogens with zero attached hydrogens (tertiary/aromatic N) is 2. The first-order valence-corrected chi connectivity index (χ1v) is 6.02. The van der Waals surface area contributed by atoms with Gasteiger partial charge in [-0.15, -0.1) is 5.06 Å². The molecule has 1 aliphatic rings. The summed E-state index contributed by atoms with van der Waals surface area (Å²) >= 11 is 0. The van der Waals surface area contributed by atoms with Gasteiger partial charge in [-0.25, -0.2) is 4.79 Å². The summed E-state index contributed by atoms with van der Waals surface area (Å²) in [7, 11) is 0. The number of rotatable bonds is 2. The lowest BCUT2D eigenvalue weighted by Gasteiger charge is -2.36. The molecule has 0 amide bonds. The number of hydrogen-bond donors (Lipinski definition) is 0. The highest BCUT2D eigenvalue weighted by Crippen LogP contribution is 2.17. The van der Waals surface area contributed by atoms with E-state index in [0.717, 1.165) is 26.2 Å². The second kappa shape index (κ2) is 5.15. The minimum atomic E-state index is -0.421. The van der Waals surface area contributed by atoms with Crippen LogP contribution in [-0.4, -0.2) is 48.2 Å². The second-order valence-electron chi connectivity index (χ2n) is 5.69. The summed E-state index contributed by atoms with van der Waals surface area (Å²) in [4.78, 5) is 19.4. The zero-order valence-corrected chi connectivity index (χ0v) is 11.1. The fourth-order valence-corrected chi connectivity index (χ4v) is 1.57. The molecule has 0 aromatic heterocycles. The molecule has 0 aromatic carbocycles. The largest absolute Gasteiger partial charge is 0.367 e. The molecule has 0 aromatic rings. The van der Waals surface area contributed by atoms with Crippen LogP contribution in [0.25, 0.3) is 0 Å². The molecule has 0 radical (unpaired) electrons. The van der Waals surface area contributed by atoms with E-state index >= 15 is 0 Å². The molecule has 1 fully saturated rings. The van der Waals surface area contributed by atoms with E-state index in [9.17, 15) is 4.79 Å². The normalized spacial score (nSPS) is 20.1. The molecule has 0 spiro atoms. The van der Waals surface area contributed by atoms with Gasteiger partial charge in [-0.2, -0.15) is 0 Å². The molecule has 0 bridgehead atoms. The third kappa shape index (κ3) is 3.76. The van der Waals surface area contributed by atoms with E-state index < -0.39 is 5.41 Å². The van der Waals surface area contributed by atoms with Gasteiger partial charge < -0.3 is 4.84 Å². The van der Waals surface area contributed by atoms with Crippen LogP contribution in [0.3, 0.4) is 0 Å². The van der Waals surface area contributed by atoms with Crippen molar-refractivity contribution in [2.75, 3.05) is 26.2 Å². The zero-order chi connectivity index (χ0) is 12.3. The van der Waals surface area contributed by atoms with Gasteiger partial charge in [0.15, 0.2) is 0 Å². The minimum Gasteiger partial charge on any atom is -0.367 e. The smallest absolute Gasteiger partial charge is 0.330 e. The molecule has 0 saturated carbocycles. The van der Waals surface area contributed by atoms with E-state index in [-0.39, 0.29) is 5.97 Å².